The van der Waals surface area contributed by atoms with Crippen molar-refractivity contribution in [1.29, 1.82) is 0 Å². The van der Waals surface area contributed by atoms with Crippen LogP contribution in [0.2, 0.25) is 0 Å². The molecule has 0 aliphatic rings. The molecule has 2 N–H and O–H groups in total. The summed E-state index contributed by atoms with van der Waals surface area (Å²) in [5.74, 6) is -5.69. The van der Waals surface area contributed by atoms with Crippen molar-refractivity contribution >= 4 is 0 Å². The van der Waals surface area contributed by atoms with Gasteiger partial charge in [-0.1, -0.05) is 13.8 Å². The molecule has 0 aliphatic heterocycles. The first-order chi connectivity index (χ1) is 6.50. The maximum absolute atomic E-state index is 12.5. The van der Waals surface area contributed by atoms with Crippen LogP contribution in [-0.2, 0) is 0 Å². The second-order valence-corrected chi connectivity index (χ2v) is 3.68. The molecule has 0 rings (SSSR count). The van der Waals surface area contributed by atoms with Crippen LogP contribution in [0, 0.1) is 5.92 Å². The standard InChI is InChI=1S/C8H13F5O2/c1-4(2)5(14)3-6(15)7(9,10)8(11,12)13/h4-6,14-15H,3H2,1-2H3. The number of rotatable bonds is 4. The summed E-state index contributed by atoms with van der Waals surface area (Å²) in [6.45, 7) is 2.90. The van der Waals surface area contributed by atoms with E-state index in [2.05, 4.69) is 0 Å². The average Bonchev–Trinajstić information content (AvgIpc) is 2.01. The summed E-state index contributed by atoms with van der Waals surface area (Å²) in [6.07, 6.45) is -11.1. The van der Waals surface area contributed by atoms with Gasteiger partial charge < -0.3 is 10.2 Å². The van der Waals surface area contributed by atoms with E-state index >= 15 is 0 Å². The minimum Gasteiger partial charge on any atom is -0.393 e. The number of halogens is 5. The molecule has 15 heavy (non-hydrogen) atoms. The first-order valence-corrected chi connectivity index (χ1v) is 4.30. The Kier molecular flexibility index (Phi) is 4.48. The summed E-state index contributed by atoms with van der Waals surface area (Å²) >= 11 is 0. The highest BCUT2D eigenvalue weighted by Crippen LogP contribution is 2.39. The van der Waals surface area contributed by atoms with Crippen LogP contribution in [0.3, 0.4) is 0 Å². The monoisotopic (exact) mass is 236 g/mol. The van der Waals surface area contributed by atoms with E-state index in [0.717, 1.165) is 0 Å². The predicted molar refractivity (Wildman–Crippen MR) is 42.5 cm³/mol. The second-order valence-electron chi connectivity index (χ2n) is 3.68. The Morgan fingerprint density at radius 2 is 1.40 bits per heavy atom. The molecular weight excluding hydrogens is 223 g/mol. The van der Waals surface area contributed by atoms with E-state index in [1.807, 2.05) is 0 Å². The minimum atomic E-state index is -5.80. The van der Waals surface area contributed by atoms with Gasteiger partial charge >= 0.3 is 12.1 Å². The van der Waals surface area contributed by atoms with Crippen molar-refractivity contribution in [2.24, 2.45) is 5.92 Å². The van der Waals surface area contributed by atoms with E-state index < -0.39 is 36.6 Å². The largest absolute Gasteiger partial charge is 0.456 e. The fourth-order valence-electron chi connectivity index (χ4n) is 0.838. The van der Waals surface area contributed by atoms with E-state index in [1.165, 1.54) is 13.8 Å². The maximum Gasteiger partial charge on any atom is 0.456 e. The molecule has 0 radical (unpaired) electrons. The van der Waals surface area contributed by atoms with Crippen molar-refractivity contribution < 1.29 is 32.2 Å². The van der Waals surface area contributed by atoms with Gasteiger partial charge in [0.1, 0.15) is 6.10 Å². The third-order valence-electron chi connectivity index (χ3n) is 2.03. The summed E-state index contributed by atoms with van der Waals surface area (Å²) in [7, 11) is 0. The third kappa shape index (κ3) is 3.57. The summed E-state index contributed by atoms with van der Waals surface area (Å²) in [5, 5.41) is 17.8. The molecule has 2 atom stereocenters. The SMILES string of the molecule is CC(C)C(O)CC(O)C(F)(F)C(F)(F)F. The number of aliphatic hydroxyl groups excluding tert-OH is 2. The molecular formula is C8H13F5O2. The molecule has 0 saturated carbocycles. The van der Waals surface area contributed by atoms with Crippen LogP contribution >= 0.6 is 0 Å². The second kappa shape index (κ2) is 4.61. The molecule has 0 spiro atoms. The number of aliphatic hydroxyl groups is 2. The van der Waals surface area contributed by atoms with Crippen molar-refractivity contribution in [3.05, 3.63) is 0 Å². The molecule has 2 nitrogen and oxygen atoms in total. The van der Waals surface area contributed by atoms with Gasteiger partial charge in [-0.2, -0.15) is 22.0 Å². The number of hydrogen-bond acceptors (Lipinski definition) is 2. The fourth-order valence-corrected chi connectivity index (χ4v) is 0.838. The van der Waals surface area contributed by atoms with Gasteiger partial charge in [0.15, 0.2) is 0 Å². The maximum atomic E-state index is 12.5. The van der Waals surface area contributed by atoms with Gasteiger partial charge in [0, 0.05) is 6.42 Å². The summed E-state index contributed by atoms with van der Waals surface area (Å²) in [4.78, 5) is 0. The molecule has 0 aromatic rings. The van der Waals surface area contributed by atoms with Gasteiger partial charge in [-0.3, -0.25) is 0 Å². The molecule has 0 aromatic heterocycles. The Labute approximate surface area is 83.7 Å². The van der Waals surface area contributed by atoms with Crippen molar-refractivity contribution in [2.75, 3.05) is 0 Å². The summed E-state index contributed by atoms with van der Waals surface area (Å²) < 4.78 is 60.2. The lowest BCUT2D eigenvalue weighted by Gasteiger charge is -2.27. The fraction of sp³-hybridized carbons (Fsp3) is 1.00. The molecule has 0 fully saturated rings. The Bertz CT molecular complexity index is 202. The van der Waals surface area contributed by atoms with Crippen molar-refractivity contribution in [3.63, 3.8) is 0 Å². The molecule has 0 heterocycles. The van der Waals surface area contributed by atoms with Crippen LogP contribution in [0.5, 0.6) is 0 Å². The minimum absolute atomic E-state index is 0.497. The van der Waals surface area contributed by atoms with E-state index in [0.29, 0.717) is 0 Å². The highest BCUT2D eigenvalue weighted by molar-refractivity contribution is 4.85. The normalized spacial score (nSPS) is 18.0. The smallest absolute Gasteiger partial charge is 0.393 e. The van der Waals surface area contributed by atoms with Gasteiger partial charge in [-0.15, -0.1) is 0 Å². The Morgan fingerprint density at radius 3 is 1.67 bits per heavy atom. The van der Waals surface area contributed by atoms with Gasteiger partial charge in [0.05, 0.1) is 6.10 Å². The molecule has 0 amide bonds. The molecule has 92 valence electrons. The van der Waals surface area contributed by atoms with E-state index in [9.17, 15) is 22.0 Å². The first kappa shape index (κ1) is 14.6. The van der Waals surface area contributed by atoms with E-state index in [1.54, 1.807) is 0 Å². The Hall–Kier alpha value is -0.430. The van der Waals surface area contributed by atoms with Crippen LogP contribution in [0.25, 0.3) is 0 Å². The van der Waals surface area contributed by atoms with Crippen molar-refractivity contribution in [3.8, 4) is 0 Å². The van der Waals surface area contributed by atoms with Crippen LogP contribution in [0.15, 0.2) is 0 Å². The molecule has 2 unspecified atom stereocenters. The third-order valence-corrected chi connectivity index (χ3v) is 2.03. The highest BCUT2D eigenvalue weighted by Gasteiger charge is 2.62. The van der Waals surface area contributed by atoms with Gasteiger partial charge in [0.2, 0.25) is 0 Å². The van der Waals surface area contributed by atoms with Crippen molar-refractivity contribution in [2.45, 2.75) is 44.6 Å². The molecule has 0 saturated heterocycles. The predicted octanol–water partition coefficient (Wildman–Crippen LogP) is 1.95. The van der Waals surface area contributed by atoms with Gasteiger partial charge in [0.25, 0.3) is 0 Å². The van der Waals surface area contributed by atoms with Crippen LogP contribution < -0.4 is 0 Å². The molecule has 7 heteroatoms. The van der Waals surface area contributed by atoms with Gasteiger partial charge in [-0.05, 0) is 5.92 Å². The lowest BCUT2D eigenvalue weighted by atomic mass is 9.98. The molecule has 0 aliphatic carbocycles. The van der Waals surface area contributed by atoms with E-state index in [4.69, 9.17) is 10.2 Å². The quantitative estimate of drug-likeness (QED) is 0.732. The van der Waals surface area contributed by atoms with Crippen molar-refractivity contribution in [1.82, 2.24) is 0 Å². The van der Waals surface area contributed by atoms with Crippen LogP contribution in [0.1, 0.15) is 20.3 Å². The summed E-state index contributed by atoms with van der Waals surface area (Å²) in [6, 6.07) is 0. The average molecular weight is 236 g/mol. The zero-order chi connectivity index (χ0) is 12.4. The lowest BCUT2D eigenvalue weighted by Crippen LogP contribution is -2.48. The topological polar surface area (TPSA) is 40.5 Å². The highest BCUT2D eigenvalue weighted by atomic mass is 19.4. The van der Waals surface area contributed by atoms with E-state index in [-0.39, 0.29) is 0 Å². The Morgan fingerprint density at radius 1 is 1.00 bits per heavy atom. The number of hydrogen-bond donors (Lipinski definition) is 2. The first-order valence-electron chi connectivity index (χ1n) is 4.30. The summed E-state index contributed by atoms with van der Waals surface area (Å²) in [5.41, 5.74) is 0. The molecule has 0 aromatic carbocycles. The van der Waals surface area contributed by atoms with Crippen LogP contribution in [0.4, 0.5) is 22.0 Å². The number of alkyl halides is 5. The zero-order valence-corrected chi connectivity index (χ0v) is 8.22. The zero-order valence-electron chi connectivity index (χ0n) is 8.22. The Balaban J connectivity index is 4.51. The van der Waals surface area contributed by atoms with Gasteiger partial charge in [-0.25, -0.2) is 0 Å². The molecule has 0 bridgehead atoms. The van der Waals surface area contributed by atoms with Crippen LogP contribution in [-0.4, -0.2) is 34.5 Å². The lowest BCUT2D eigenvalue weighted by molar-refractivity contribution is -0.315.